The molecule has 2 aromatic heterocycles. The van der Waals surface area contributed by atoms with E-state index < -0.39 is 10.3 Å². The lowest BCUT2D eigenvalue weighted by Crippen LogP contribution is -2.36. The van der Waals surface area contributed by atoms with Crippen molar-refractivity contribution in [2.24, 2.45) is 14.1 Å². The van der Waals surface area contributed by atoms with Crippen molar-refractivity contribution in [3.05, 3.63) is 106 Å². The third-order valence-corrected chi connectivity index (χ3v) is 6.81. The van der Waals surface area contributed by atoms with Crippen molar-refractivity contribution < 1.29 is 9.72 Å². The molecule has 3 aromatic carbocycles. The van der Waals surface area contributed by atoms with Gasteiger partial charge in [-0.3, -0.25) is 14.9 Å². The van der Waals surface area contributed by atoms with Crippen molar-refractivity contribution in [1.29, 1.82) is 0 Å². The van der Waals surface area contributed by atoms with E-state index in [0.29, 0.717) is 11.3 Å². The molecule has 7 nitrogen and oxygen atoms in total. The predicted molar refractivity (Wildman–Crippen MR) is 127 cm³/mol. The summed E-state index contributed by atoms with van der Waals surface area (Å²) in [6.45, 7) is 0. The zero-order valence-electron chi connectivity index (χ0n) is 18.1. The van der Waals surface area contributed by atoms with Crippen LogP contribution in [0.5, 0.6) is 0 Å². The second kappa shape index (κ2) is 6.56. The lowest BCUT2D eigenvalue weighted by atomic mass is 9.70. The molecule has 0 aliphatic carbocycles. The minimum atomic E-state index is -1.25. The number of nitrogens with one attached hydrogen (secondary N) is 1. The number of amides is 1. The minimum absolute atomic E-state index is 0.0462. The molecule has 1 amide bonds. The SMILES string of the molecule is Cn1cc(C2(c3cn(C)c4ccccc34)C(=O)Nc3ccc([N+](=O)[O-])cc32)c2ccccc21. The number of hydrogen-bond acceptors (Lipinski definition) is 3. The zero-order chi connectivity index (χ0) is 22.9. The number of aromatic nitrogens is 2. The van der Waals surface area contributed by atoms with Crippen LogP contribution in [0.4, 0.5) is 11.4 Å². The molecule has 1 aliphatic heterocycles. The van der Waals surface area contributed by atoms with E-state index in [-0.39, 0.29) is 11.6 Å². The number of fused-ring (bicyclic) bond motifs is 3. The van der Waals surface area contributed by atoms with Gasteiger partial charge in [0.25, 0.3) is 5.69 Å². The molecule has 1 aliphatic rings. The summed E-state index contributed by atoms with van der Waals surface area (Å²) in [4.78, 5) is 25.3. The van der Waals surface area contributed by atoms with Gasteiger partial charge in [-0.05, 0) is 18.2 Å². The number of anilines is 1. The highest BCUT2D eigenvalue weighted by molar-refractivity contribution is 6.15. The Labute approximate surface area is 189 Å². The number of non-ortho nitro benzene ring substituents is 1. The van der Waals surface area contributed by atoms with Crippen molar-refractivity contribution in [2.45, 2.75) is 5.41 Å². The van der Waals surface area contributed by atoms with Crippen LogP contribution in [0.15, 0.2) is 79.1 Å². The van der Waals surface area contributed by atoms with Crippen LogP contribution < -0.4 is 5.32 Å². The Kier molecular flexibility index (Phi) is 3.84. The first-order valence-corrected chi connectivity index (χ1v) is 10.6. The van der Waals surface area contributed by atoms with Crippen molar-refractivity contribution in [2.75, 3.05) is 5.32 Å². The number of nitrogens with zero attached hydrogens (tertiary/aromatic N) is 3. The van der Waals surface area contributed by atoms with Crippen molar-refractivity contribution in [1.82, 2.24) is 9.13 Å². The summed E-state index contributed by atoms with van der Waals surface area (Å²) in [5.41, 5.74) is 3.46. The third kappa shape index (κ3) is 2.41. The van der Waals surface area contributed by atoms with Crippen LogP contribution in [0.25, 0.3) is 21.8 Å². The van der Waals surface area contributed by atoms with E-state index in [1.54, 1.807) is 6.07 Å². The fraction of sp³-hybridized carbons (Fsp3) is 0.115. The second-order valence-corrected chi connectivity index (χ2v) is 8.53. The van der Waals surface area contributed by atoms with E-state index in [4.69, 9.17) is 0 Å². The van der Waals surface area contributed by atoms with E-state index in [1.807, 2.05) is 84.2 Å². The number of carbonyl (C=O) groups excluding carboxylic acids is 1. The molecule has 1 N–H and O–H groups in total. The maximum absolute atomic E-state index is 14.0. The summed E-state index contributed by atoms with van der Waals surface area (Å²) in [6, 6.07) is 20.4. The van der Waals surface area contributed by atoms with Gasteiger partial charge in [0, 0.05) is 82.8 Å². The van der Waals surface area contributed by atoms with Crippen molar-refractivity contribution >= 4 is 39.1 Å². The quantitative estimate of drug-likeness (QED) is 0.324. The molecule has 6 rings (SSSR count). The molecule has 7 heteroatoms. The number of nitro benzene ring substituents is 1. The number of aryl methyl sites for hydroxylation is 2. The molecule has 0 saturated carbocycles. The van der Waals surface area contributed by atoms with Gasteiger partial charge in [0.15, 0.2) is 0 Å². The summed E-state index contributed by atoms with van der Waals surface area (Å²) < 4.78 is 4.00. The van der Waals surface area contributed by atoms with Gasteiger partial charge >= 0.3 is 0 Å². The van der Waals surface area contributed by atoms with Gasteiger partial charge in [-0.1, -0.05) is 36.4 Å². The summed E-state index contributed by atoms with van der Waals surface area (Å²) in [5.74, 6) is -0.217. The van der Waals surface area contributed by atoms with Crippen LogP contribution in [-0.4, -0.2) is 20.0 Å². The molecule has 5 aromatic rings. The zero-order valence-corrected chi connectivity index (χ0v) is 18.1. The summed E-state index contributed by atoms with van der Waals surface area (Å²) in [5, 5.41) is 16.6. The highest BCUT2D eigenvalue weighted by Crippen LogP contribution is 2.52. The summed E-state index contributed by atoms with van der Waals surface area (Å²) >= 11 is 0. The Bertz CT molecular complexity index is 1550. The van der Waals surface area contributed by atoms with Crippen LogP contribution in [0, 0.1) is 10.1 Å². The van der Waals surface area contributed by atoms with E-state index in [0.717, 1.165) is 32.9 Å². The maximum Gasteiger partial charge on any atom is 0.269 e. The Balaban J connectivity index is 1.82. The lowest BCUT2D eigenvalue weighted by Gasteiger charge is -2.27. The van der Waals surface area contributed by atoms with Gasteiger partial charge in [0.1, 0.15) is 5.41 Å². The van der Waals surface area contributed by atoms with Gasteiger partial charge in [-0.2, -0.15) is 0 Å². The maximum atomic E-state index is 14.0. The van der Waals surface area contributed by atoms with Crippen LogP contribution >= 0.6 is 0 Å². The normalized spacial score (nSPS) is 14.5. The molecule has 0 saturated heterocycles. The standard InChI is InChI=1S/C26H20N4O3/c1-28-14-20(17-7-3-5-9-23(17)28)26(21-15-29(2)24-10-6-4-8-18(21)24)19-13-16(30(32)33)11-12-22(19)27-25(26)31/h3-15H,1-2H3,(H,27,31). The van der Waals surface area contributed by atoms with Gasteiger partial charge in [-0.15, -0.1) is 0 Å². The molecule has 0 spiro atoms. The Hall–Kier alpha value is -4.39. The molecule has 0 bridgehead atoms. The van der Waals surface area contributed by atoms with E-state index >= 15 is 0 Å². The number of rotatable bonds is 3. The fourth-order valence-corrected chi connectivity index (χ4v) is 5.36. The molecule has 3 heterocycles. The smallest absolute Gasteiger partial charge is 0.269 e. The van der Waals surface area contributed by atoms with Gasteiger partial charge < -0.3 is 14.5 Å². The third-order valence-electron chi connectivity index (χ3n) is 6.81. The summed E-state index contributed by atoms with van der Waals surface area (Å²) in [6.07, 6.45) is 3.94. The molecule has 0 unspecified atom stereocenters. The highest BCUT2D eigenvalue weighted by atomic mass is 16.6. The van der Waals surface area contributed by atoms with Crippen LogP contribution in [0.3, 0.4) is 0 Å². The first kappa shape index (κ1) is 19.3. The molecule has 33 heavy (non-hydrogen) atoms. The first-order valence-electron chi connectivity index (χ1n) is 10.6. The van der Waals surface area contributed by atoms with E-state index in [2.05, 4.69) is 5.32 Å². The van der Waals surface area contributed by atoms with Gasteiger partial charge in [0.05, 0.1) is 4.92 Å². The van der Waals surface area contributed by atoms with Crippen molar-refractivity contribution in [3.8, 4) is 0 Å². The Morgan fingerprint density at radius 1 is 0.818 bits per heavy atom. The Morgan fingerprint density at radius 2 is 1.36 bits per heavy atom. The van der Waals surface area contributed by atoms with Crippen LogP contribution in [-0.2, 0) is 24.3 Å². The summed E-state index contributed by atoms with van der Waals surface area (Å²) in [7, 11) is 3.90. The predicted octanol–water partition coefficient (Wildman–Crippen LogP) is 4.86. The topological polar surface area (TPSA) is 82.1 Å². The number of nitro groups is 1. The first-order chi connectivity index (χ1) is 15.9. The fourth-order valence-electron chi connectivity index (χ4n) is 5.36. The van der Waals surface area contributed by atoms with Gasteiger partial charge in [-0.25, -0.2) is 0 Å². The number of benzene rings is 3. The molecule has 0 atom stereocenters. The average Bonchev–Trinajstić information content (AvgIpc) is 3.43. The van der Waals surface area contributed by atoms with E-state index in [9.17, 15) is 14.9 Å². The number of hydrogen-bond donors (Lipinski definition) is 1. The highest BCUT2D eigenvalue weighted by Gasteiger charge is 2.53. The lowest BCUT2D eigenvalue weighted by molar-refractivity contribution is -0.384. The van der Waals surface area contributed by atoms with Crippen LogP contribution in [0.2, 0.25) is 0 Å². The molecule has 162 valence electrons. The van der Waals surface area contributed by atoms with E-state index in [1.165, 1.54) is 12.1 Å². The van der Waals surface area contributed by atoms with Crippen molar-refractivity contribution in [3.63, 3.8) is 0 Å². The molecular formula is C26H20N4O3. The van der Waals surface area contributed by atoms with Crippen LogP contribution in [0.1, 0.15) is 16.7 Å². The minimum Gasteiger partial charge on any atom is -0.350 e. The monoisotopic (exact) mass is 436 g/mol. The molecule has 0 radical (unpaired) electrons. The Morgan fingerprint density at radius 3 is 1.91 bits per heavy atom. The average molecular weight is 436 g/mol. The van der Waals surface area contributed by atoms with Gasteiger partial charge in [0.2, 0.25) is 5.91 Å². The largest absolute Gasteiger partial charge is 0.350 e. The second-order valence-electron chi connectivity index (χ2n) is 8.53. The number of carbonyl (C=O) groups is 1. The number of para-hydroxylation sites is 2. The molecular weight excluding hydrogens is 416 g/mol. The molecule has 0 fully saturated rings.